The van der Waals surface area contributed by atoms with Crippen molar-refractivity contribution in [1.82, 2.24) is 14.8 Å². The van der Waals surface area contributed by atoms with E-state index in [1.165, 1.54) is 7.11 Å². The summed E-state index contributed by atoms with van der Waals surface area (Å²) < 4.78 is 10.6. The van der Waals surface area contributed by atoms with Crippen LogP contribution in [0.25, 0.3) is 0 Å². The summed E-state index contributed by atoms with van der Waals surface area (Å²) in [6.07, 6.45) is 2.82. The number of anilines is 1. The molecule has 208 valence electrons. The summed E-state index contributed by atoms with van der Waals surface area (Å²) in [5, 5.41) is 2.96. The quantitative estimate of drug-likeness (QED) is 0.204. The summed E-state index contributed by atoms with van der Waals surface area (Å²) in [6.45, 7) is 3.45. The first-order valence-corrected chi connectivity index (χ1v) is 13.3. The van der Waals surface area contributed by atoms with Crippen LogP contribution in [0, 0.1) is 0 Å². The summed E-state index contributed by atoms with van der Waals surface area (Å²) in [4.78, 5) is 32.0. The second kappa shape index (κ2) is 14.7. The van der Waals surface area contributed by atoms with E-state index >= 15 is 0 Å². The number of carbonyl (C=O) groups excluding carboxylic acids is 2. The lowest BCUT2D eigenvalue weighted by Crippen LogP contribution is -2.33. The van der Waals surface area contributed by atoms with Gasteiger partial charge in [0.15, 0.2) is 0 Å². The summed E-state index contributed by atoms with van der Waals surface area (Å²) in [7, 11) is 3.34. The molecule has 2 N–H and O–H groups in total. The fourth-order valence-corrected chi connectivity index (χ4v) is 4.36. The van der Waals surface area contributed by atoms with Crippen molar-refractivity contribution in [2.45, 2.75) is 19.5 Å². The van der Waals surface area contributed by atoms with Crippen LogP contribution in [0.5, 0.6) is 11.5 Å². The molecule has 0 aliphatic heterocycles. The molecule has 40 heavy (non-hydrogen) atoms. The Labute approximate surface area is 235 Å². The van der Waals surface area contributed by atoms with Crippen LogP contribution in [0.1, 0.15) is 28.0 Å². The minimum atomic E-state index is -0.337. The summed E-state index contributed by atoms with van der Waals surface area (Å²) in [6, 6.07) is 28.5. The molecule has 0 atom stereocenters. The Kier molecular flexibility index (Phi) is 10.5. The number of nitrogens with one attached hydrogen (secondary N) is 2. The number of rotatable bonds is 14. The van der Waals surface area contributed by atoms with Crippen molar-refractivity contribution >= 4 is 17.6 Å². The molecule has 4 aromatic rings. The molecular weight excluding hydrogens is 504 g/mol. The van der Waals surface area contributed by atoms with Gasteiger partial charge in [-0.25, -0.2) is 4.79 Å². The number of nitrogens with zero attached hydrogens (tertiary/aromatic N) is 2. The molecule has 0 fully saturated rings. The molecule has 0 spiro atoms. The third-order valence-corrected chi connectivity index (χ3v) is 6.38. The molecule has 0 unspecified atom stereocenters. The Balaban J connectivity index is 1.23. The zero-order valence-electron chi connectivity index (χ0n) is 23.0. The Bertz CT molecular complexity index is 1320. The largest absolute Gasteiger partial charge is 0.465 e. The number of benzene rings is 3. The third-order valence-electron chi connectivity index (χ3n) is 6.38. The molecule has 0 aliphatic carbocycles. The first-order valence-electron chi connectivity index (χ1n) is 13.3. The maximum absolute atomic E-state index is 12.6. The molecule has 8 heteroatoms. The number of ether oxygens (including phenoxy) is 2. The number of likely N-dealkylation sites (N-methyl/N-ethyl adjacent to an activating group) is 1. The molecule has 0 saturated carbocycles. The number of carbonyl (C=O) groups is 2. The van der Waals surface area contributed by atoms with E-state index in [2.05, 4.69) is 21.3 Å². The van der Waals surface area contributed by atoms with Gasteiger partial charge in [-0.1, -0.05) is 30.3 Å². The molecule has 3 aromatic carbocycles. The minimum Gasteiger partial charge on any atom is -0.465 e. The van der Waals surface area contributed by atoms with Gasteiger partial charge in [-0.15, -0.1) is 0 Å². The second-order valence-corrected chi connectivity index (χ2v) is 9.67. The van der Waals surface area contributed by atoms with Crippen LogP contribution < -0.4 is 10.1 Å². The summed E-state index contributed by atoms with van der Waals surface area (Å²) in [5.41, 5.74) is 3.53. The second-order valence-electron chi connectivity index (χ2n) is 9.67. The van der Waals surface area contributed by atoms with Crippen molar-refractivity contribution in [3.05, 3.63) is 114 Å². The highest BCUT2D eigenvalue weighted by atomic mass is 16.5. The van der Waals surface area contributed by atoms with E-state index in [9.17, 15) is 9.59 Å². The van der Waals surface area contributed by atoms with E-state index in [1.807, 2.05) is 90.9 Å². The number of amides is 1. The zero-order chi connectivity index (χ0) is 28.2. The average Bonchev–Trinajstić information content (AvgIpc) is 3.47. The van der Waals surface area contributed by atoms with Crippen molar-refractivity contribution in [3.63, 3.8) is 0 Å². The van der Waals surface area contributed by atoms with Gasteiger partial charge < -0.3 is 19.8 Å². The van der Waals surface area contributed by atoms with E-state index in [0.717, 1.165) is 55.3 Å². The van der Waals surface area contributed by atoms with Gasteiger partial charge in [-0.3, -0.25) is 14.6 Å². The van der Waals surface area contributed by atoms with E-state index in [0.29, 0.717) is 17.9 Å². The zero-order valence-corrected chi connectivity index (χ0v) is 23.0. The molecule has 0 aliphatic rings. The van der Waals surface area contributed by atoms with Gasteiger partial charge in [0.1, 0.15) is 11.5 Å². The van der Waals surface area contributed by atoms with E-state index in [4.69, 9.17) is 9.47 Å². The van der Waals surface area contributed by atoms with Gasteiger partial charge in [0, 0.05) is 37.2 Å². The van der Waals surface area contributed by atoms with Crippen LogP contribution in [0.2, 0.25) is 0 Å². The fourth-order valence-electron chi connectivity index (χ4n) is 4.36. The number of methoxy groups -OCH3 is 1. The van der Waals surface area contributed by atoms with Crippen molar-refractivity contribution < 1.29 is 19.1 Å². The van der Waals surface area contributed by atoms with Gasteiger partial charge in [-0.05, 0) is 86.2 Å². The van der Waals surface area contributed by atoms with Crippen LogP contribution in [0.15, 0.2) is 97.2 Å². The number of para-hydroxylation sites is 1. The molecule has 0 saturated heterocycles. The van der Waals surface area contributed by atoms with Gasteiger partial charge in [0.2, 0.25) is 5.91 Å². The van der Waals surface area contributed by atoms with Crippen molar-refractivity contribution in [1.29, 1.82) is 0 Å². The molecule has 1 heterocycles. The van der Waals surface area contributed by atoms with Crippen LogP contribution in [0.4, 0.5) is 5.69 Å². The predicted octanol–water partition coefficient (Wildman–Crippen LogP) is 5.56. The van der Waals surface area contributed by atoms with Crippen LogP contribution in [-0.2, 0) is 22.6 Å². The smallest absolute Gasteiger partial charge is 0.337 e. The first kappa shape index (κ1) is 28.6. The lowest BCUT2D eigenvalue weighted by Gasteiger charge is -2.24. The standard InChI is InChI=1S/C32H36N4O4/c1-35(24-31(37)34-27-15-17-30(18-16-27)40-29-9-4-3-5-10-29)20-7-21-36(23-28-8-6-19-33-28)22-25-11-13-26(14-12-25)32(38)39-2/h3-6,8-19,33H,7,20-24H2,1-2H3,(H,34,37). The van der Waals surface area contributed by atoms with Gasteiger partial charge in [0.25, 0.3) is 0 Å². The maximum atomic E-state index is 12.6. The molecule has 8 nitrogen and oxygen atoms in total. The Hall–Kier alpha value is -4.40. The first-order chi connectivity index (χ1) is 19.5. The van der Waals surface area contributed by atoms with Gasteiger partial charge in [0.05, 0.1) is 19.2 Å². The SMILES string of the molecule is COC(=O)c1ccc(CN(CCCN(C)CC(=O)Nc2ccc(Oc3ccccc3)cc2)Cc2ccc[nH]2)cc1. The molecule has 0 bridgehead atoms. The van der Waals surface area contributed by atoms with Gasteiger partial charge >= 0.3 is 5.97 Å². The van der Waals surface area contributed by atoms with E-state index in [-0.39, 0.29) is 11.9 Å². The third kappa shape index (κ3) is 9.11. The molecule has 1 aromatic heterocycles. The molecule has 4 rings (SSSR count). The summed E-state index contributed by atoms with van der Waals surface area (Å²) in [5.74, 6) is 1.08. The highest BCUT2D eigenvalue weighted by Gasteiger charge is 2.12. The lowest BCUT2D eigenvalue weighted by atomic mass is 10.1. The average molecular weight is 541 g/mol. The van der Waals surface area contributed by atoms with Crippen molar-refractivity contribution in [3.8, 4) is 11.5 Å². The van der Waals surface area contributed by atoms with Gasteiger partial charge in [-0.2, -0.15) is 0 Å². The van der Waals surface area contributed by atoms with Crippen molar-refractivity contribution in [2.75, 3.05) is 39.1 Å². The number of hydrogen-bond donors (Lipinski definition) is 2. The van der Waals surface area contributed by atoms with Crippen LogP contribution >= 0.6 is 0 Å². The highest BCUT2D eigenvalue weighted by molar-refractivity contribution is 5.92. The van der Waals surface area contributed by atoms with Crippen molar-refractivity contribution in [2.24, 2.45) is 0 Å². The topological polar surface area (TPSA) is 86.9 Å². The van der Waals surface area contributed by atoms with Crippen LogP contribution in [-0.4, -0.2) is 60.5 Å². The van der Waals surface area contributed by atoms with Crippen LogP contribution in [0.3, 0.4) is 0 Å². The maximum Gasteiger partial charge on any atom is 0.337 e. The number of hydrogen-bond acceptors (Lipinski definition) is 6. The molecular formula is C32H36N4O4. The molecule has 1 amide bonds. The fraction of sp³-hybridized carbons (Fsp3) is 0.250. The van der Waals surface area contributed by atoms with E-state index in [1.54, 1.807) is 12.1 Å². The number of H-pyrrole nitrogens is 1. The normalized spacial score (nSPS) is 11.0. The monoisotopic (exact) mass is 540 g/mol. The predicted molar refractivity (Wildman–Crippen MR) is 156 cm³/mol. The Morgan fingerprint density at radius 1 is 0.825 bits per heavy atom. The number of esters is 1. The number of aromatic amines is 1. The summed E-state index contributed by atoms with van der Waals surface area (Å²) >= 11 is 0. The Morgan fingerprint density at radius 3 is 2.23 bits per heavy atom. The number of aromatic nitrogens is 1. The highest BCUT2D eigenvalue weighted by Crippen LogP contribution is 2.22. The van der Waals surface area contributed by atoms with E-state index < -0.39 is 0 Å². The molecule has 0 radical (unpaired) electrons. The Morgan fingerprint density at radius 2 is 1.55 bits per heavy atom. The lowest BCUT2D eigenvalue weighted by molar-refractivity contribution is -0.117. The minimum absolute atomic E-state index is 0.0619.